The zero-order valence-corrected chi connectivity index (χ0v) is 7.03. The van der Waals surface area contributed by atoms with E-state index < -0.39 is 0 Å². The number of rotatable bonds is 2. The highest BCUT2D eigenvalue weighted by molar-refractivity contribution is 5.74. The molecule has 1 aromatic rings. The molecule has 0 unspecified atom stereocenters. The van der Waals surface area contributed by atoms with Gasteiger partial charge in [0.05, 0.1) is 6.26 Å². The Hall–Kier alpha value is -1.48. The number of aromatic hydroxyl groups is 1. The summed E-state index contributed by atoms with van der Waals surface area (Å²) in [7, 11) is 0. The van der Waals surface area contributed by atoms with Crippen molar-refractivity contribution in [1.29, 1.82) is 0 Å². The molecule has 0 aromatic heterocycles. The van der Waals surface area contributed by atoms with Crippen LogP contribution in [-0.4, -0.2) is 16.8 Å². The summed E-state index contributed by atoms with van der Waals surface area (Å²) in [5.74, 6) is 0.632. The Kier molecular flexibility index (Phi) is 1.94. The van der Waals surface area contributed by atoms with Crippen molar-refractivity contribution in [3.63, 3.8) is 0 Å². The number of hydrogen-bond donors (Lipinski definition) is 2. The van der Waals surface area contributed by atoms with Crippen LogP contribution in [0, 0.1) is 0 Å². The standard InChI is InChI=1S/C10H10O3/c11-5-4-7-6-13-9-3-1-2-8(7)10(9)12/h1-3,6,11-12H,4-5H2. The molecule has 1 aliphatic heterocycles. The van der Waals surface area contributed by atoms with Gasteiger partial charge in [0.1, 0.15) is 0 Å². The van der Waals surface area contributed by atoms with Crippen LogP contribution in [0.3, 0.4) is 0 Å². The van der Waals surface area contributed by atoms with Gasteiger partial charge in [-0.05, 0) is 12.5 Å². The molecule has 2 bridgehead atoms. The van der Waals surface area contributed by atoms with Gasteiger partial charge in [-0.25, -0.2) is 0 Å². The van der Waals surface area contributed by atoms with Gasteiger partial charge in [-0.1, -0.05) is 12.1 Å². The van der Waals surface area contributed by atoms with Crippen LogP contribution in [0.25, 0.3) is 5.57 Å². The number of fused-ring (bicyclic) bond motifs is 2. The number of phenolic OH excluding ortho intramolecular Hbond substituents is 1. The van der Waals surface area contributed by atoms with Gasteiger partial charge in [0.15, 0.2) is 11.5 Å². The Labute approximate surface area is 75.9 Å². The molecule has 68 valence electrons. The molecule has 0 spiro atoms. The Morgan fingerprint density at radius 1 is 1.31 bits per heavy atom. The van der Waals surface area contributed by atoms with Crippen molar-refractivity contribution in [3.8, 4) is 11.5 Å². The lowest BCUT2D eigenvalue weighted by atomic mass is 10.0. The maximum atomic E-state index is 9.60. The van der Waals surface area contributed by atoms with Gasteiger partial charge in [0.25, 0.3) is 0 Å². The summed E-state index contributed by atoms with van der Waals surface area (Å²) >= 11 is 0. The minimum absolute atomic E-state index is 0.0544. The number of para-hydroxylation sites is 1. The van der Waals surface area contributed by atoms with E-state index in [9.17, 15) is 5.11 Å². The van der Waals surface area contributed by atoms with Crippen molar-refractivity contribution in [2.24, 2.45) is 0 Å². The Morgan fingerprint density at radius 2 is 2.15 bits per heavy atom. The summed E-state index contributed by atoms with van der Waals surface area (Å²) in [6, 6.07) is 5.32. The second-order valence-electron chi connectivity index (χ2n) is 2.89. The van der Waals surface area contributed by atoms with Crippen LogP contribution in [0.5, 0.6) is 11.5 Å². The van der Waals surface area contributed by atoms with Crippen molar-refractivity contribution >= 4 is 5.57 Å². The summed E-state index contributed by atoms with van der Waals surface area (Å²) in [5, 5.41) is 18.4. The first-order valence-corrected chi connectivity index (χ1v) is 4.12. The van der Waals surface area contributed by atoms with E-state index in [0.717, 1.165) is 11.1 Å². The van der Waals surface area contributed by atoms with Crippen LogP contribution in [0.1, 0.15) is 12.0 Å². The van der Waals surface area contributed by atoms with E-state index in [0.29, 0.717) is 12.2 Å². The number of ether oxygens (including phenoxy) is 1. The third kappa shape index (κ3) is 1.27. The lowest BCUT2D eigenvalue weighted by Crippen LogP contribution is -1.99. The first-order chi connectivity index (χ1) is 6.33. The Morgan fingerprint density at radius 3 is 2.92 bits per heavy atom. The van der Waals surface area contributed by atoms with E-state index in [1.807, 2.05) is 12.1 Å². The number of aliphatic hydroxyl groups excluding tert-OH is 1. The van der Waals surface area contributed by atoms with Gasteiger partial charge in [0, 0.05) is 17.7 Å². The first-order valence-electron chi connectivity index (χ1n) is 4.12. The van der Waals surface area contributed by atoms with E-state index in [2.05, 4.69) is 0 Å². The average molecular weight is 178 g/mol. The van der Waals surface area contributed by atoms with Crippen molar-refractivity contribution < 1.29 is 14.9 Å². The second-order valence-corrected chi connectivity index (χ2v) is 2.89. The molecule has 0 aliphatic carbocycles. The molecule has 3 heteroatoms. The van der Waals surface area contributed by atoms with Gasteiger partial charge < -0.3 is 14.9 Å². The van der Waals surface area contributed by atoms with E-state index in [1.165, 1.54) is 0 Å². The largest absolute Gasteiger partial charge is 0.504 e. The molecule has 1 aliphatic rings. The molecule has 0 radical (unpaired) electrons. The normalized spacial score (nSPS) is 13.5. The van der Waals surface area contributed by atoms with Crippen molar-refractivity contribution in [3.05, 3.63) is 30.0 Å². The fourth-order valence-electron chi connectivity index (χ4n) is 1.39. The minimum atomic E-state index is 0.0544. The number of benzene rings is 1. The maximum absolute atomic E-state index is 9.60. The highest BCUT2D eigenvalue weighted by atomic mass is 16.5. The topological polar surface area (TPSA) is 49.7 Å². The SMILES string of the molecule is OCCC1=COc2cccc1c2O. The summed E-state index contributed by atoms with van der Waals surface area (Å²) < 4.78 is 5.16. The lowest BCUT2D eigenvalue weighted by Gasteiger charge is -2.16. The summed E-state index contributed by atoms with van der Waals surface area (Å²) in [4.78, 5) is 0. The molecule has 1 heterocycles. The Balaban J connectivity index is 2.42. The molecular formula is C10H10O3. The highest BCUT2D eigenvalue weighted by Crippen LogP contribution is 2.39. The third-order valence-electron chi connectivity index (χ3n) is 2.05. The van der Waals surface area contributed by atoms with Crippen LogP contribution >= 0.6 is 0 Å². The van der Waals surface area contributed by atoms with Gasteiger partial charge >= 0.3 is 0 Å². The monoisotopic (exact) mass is 178 g/mol. The van der Waals surface area contributed by atoms with Gasteiger partial charge in [-0.3, -0.25) is 0 Å². The van der Waals surface area contributed by atoms with Crippen molar-refractivity contribution in [2.75, 3.05) is 6.61 Å². The molecule has 0 amide bonds. The molecular weight excluding hydrogens is 168 g/mol. The van der Waals surface area contributed by atoms with Crippen LogP contribution in [-0.2, 0) is 0 Å². The van der Waals surface area contributed by atoms with Gasteiger partial charge in [0.2, 0.25) is 0 Å². The second kappa shape index (κ2) is 3.11. The fourth-order valence-corrected chi connectivity index (χ4v) is 1.39. The van der Waals surface area contributed by atoms with Crippen LogP contribution in [0.15, 0.2) is 24.5 Å². The van der Waals surface area contributed by atoms with Gasteiger partial charge in [-0.15, -0.1) is 0 Å². The van der Waals surface area contributed by atoms with E-state index in [4.69, 9.17) is 9.84 Å². The molecule has 3 nitrogen and oxygen atoms in total. The van der Waals surface area contributed by atoms with Crippen LogP contribution in [0.2, 0.25) is 0 Å². The molecule has 2 rings (SSSR count). The van der Waals surface area contributed by atoms with Crippen molar-refractivity contribution in [1.82, 2.24) is 0 Å². The highest BCUT2D eigenvalue weighted by Gasteiger charge is 2.16. The number of aliphatic hydroxyl groups is 1. The third-order valence-corrected chi connectivity index (χ3v) is 2.05. The average Bonchev–Trinajstić information content (AvgIpc) is 2.10. The lowest BCUT2D eigenvalue weighted by molar-refractivity contribution is 0.303. The molecule has 0 saturated heterocycles. The first kappa shape index (κ1) is 8.13. The smallest absolute Gasteiger partial charge is 0.168 e. The summed E-state index contributed by atoms with van der Waals surface area (Å²) in [6.45, 7) is 0.0544. The van der Waals surface area contributed by atoms with E-state index >= 15 is 0 Å². The quantitative estimate of drug-likeness (QED) is 0.721. The van der Waals surface area contributed by atoms with Crippen LogP contribution in [0.4, 0.5) is 0 Å². The van der Waals surface area contributed by atoms with E-state index in [1.54, 1.807) is 12.3 Å². The summed E-state index contributed by atoms with van der Waals surface area (Å²) in [6.07, 6.45) is 2.07. The van der Waals surface area contributed by atoms with E-state index in [-0.39, 0.29) is 12.4 Å². The molecule has 1 aromatic carbocycles. The fraction of sp³-hybridized carbons (Fsp3) is 0.200. The molecule has 2 N–H and O–H groups in total. The predicted octanol–water partition coefficient (Wildman–Crippen LogP) is 1.51. The molecule has 0 fully saturated rings. The van der Waals surface area contributed by atoms with Crippen LogP contribution < -0.4 is 4.74 Å². The Bertz CT molecular complexity index is 355. The molecule has 13 heavy (non-hydrogen) atoms. The maximum Gasteiger partial charge on any atom is 0.168 e. The van der Waals surface area contributed by atoms with Crippen molar-refractivity contribution in [2.45, 2.75) is 6.42 Å². The molecule has 0 saturated carbocycles. The number of phenols is 1. The predicted molar refractivity (Wildman–Crippen MR) is 48.4 cm³/mol. The zero-order chi connectivity index (χ0) is 9.26. The number of hydrogen-bond acceptors (Lipinski definition) is 3. The zero-order valence-electron chi connectivity index (χ0n) is 7.03. The molecule has 0 atom stereocenters. The summed E-state index contributed by atoms with van der Waals surface area (Å²) in [5.41, 5.74) is 1.57. The minimum Gasteiger partial charge on any atom is -0.504 e. The van der Waals surface area contributed by atoms with Gasteiger partial charge in [-0.2, -0.15) is 0 Å².